The van der Waals surface area contributed by atoms with Crippen LogP contribution in [0.25, 0.3) is 0 Å². The standard InChI is InChI=1S/C12H10ClN3O/c1-8-4-11(17-16-8)7-15-12-5-10(13)3-2-9(12)6-14/h2-5,15H,7H2,1H3. The molecule has 1 heterocycles. The molecule has 0 bridgehead atoms. The van der Waals surface area contributed by atoms with E-state index in [0.717, 1.165) is 5.69 Å². The molecule has 0 saturated heterocycles. The summed E-state index contributed by atoms with van der Waals surface area (Å²) in [5, 5.41) is 16.4. The minimum absolute atomic E-state index is 0.468. The molecule has 0 aliphatic rings. The normalized spacial score (nSPS) is 9.94. The van der Waals surface area contributed by atoms with Crippen LogP contribution in [0.4, 0.5) is 5.69 Å². The second-order valence-electron chi connectivity index (χ2n) is 3.59. The zero-order valence-electron chi connectivity index (χ0n) is 9.20. The van der Waals surface area contributed by atoms with E-state index >= 15 is 0 Å². The number of hydrogen-bond donors (Lipinski definition) is 1. The Morgan fingerprint density at radius 3 is 2.94 bits per heavy atom. The van der Waals surface area contributed by atoms with Crippen LogP contribution in [0.15, 0.2) is 28.8 Å². The van der Waals surface area contributed by atoms with Crippen LogP contribution in [0.3, 0.4) is 0 Å². The van der Waals surface area contributed by atoms with Crippen LogP contribution >= 0.6 is 11.6 Å². The van der Waals surface area contributed by atoms with Crippen molar-refractivity contribution >= 4 is 17.3 Å². The predicted molar refractivity (Wildman–Crippen MR) is 64.7 cm³/mol. The van der Waals surface area contributed by atoms with Crippen molar-refractivity contribution in [1.82, 2.24) is 5.16 Å². The molecular formula is C12H10ClN3O. The maximum atomic E-state index is 8.94. The molecule has 2 rings (SSSR count). The molecule has 86 valence electrons. The lowest BCUT2D eigenvalue weighted by Crippen LogP contribution is -2.00. The van der Waals surface area contributed by atoms with Gasteiger partial charge in [-0.1, -0.05) is 16.8 Å². The quantitative estimate of drug-likeness (QED) is 0.905. The zero-order valence-corrected chi connectivity index (χ0v) is 9.95. The first kappa shape index (κ1) is 11.5. The van der Waals surface area contributed by atoms with E-state index < -0.39 is 0 Å². The fourth-order valence-corrected chi connectivity index (χ4v) is 1.61. The van der Waals surface area contributed by atoms with E-state index in [-0.39, 0.29) is 0 Å². The average molecular weight is 248 g/mol. The number of nitrogens with zero attached hydrogens (tertiary/aromatic N) is 2. The van der Waals surface area contributed by atoms with E-state index in [1.165, 1.54) is 0 Å². The van der Waals surface area contributed by atoms with E-state index in [1.54, 1.807) is 18.2 Å². The lowest BCUT2D eigenvalue weighted by atomic mass is 10.2. The van der Waals surface area contributed by atoms with Gasteiger partial charge in [-0.05, 0) is 25.1 Å². The van der Waals surface area contributed by atoms with Crippen molar-refractivity contribution in [2.75, 3.05) is 5.32 Å². The minimum Gasteiger partial charge on any atom is -0.377 e. The molecule has 0 unspecified atom stereocenters. The molecule has 0 fully saturated rings. The van der Waals surface area contributed by atoms with Gasteiger partial charge >= 0.3 is 0 Å². The molecule has 0 aliphatic carbocycles. The fraction of sp³-hybridized carbons (Fsp3) is 0.167. The van der Waals surface area contributed by atoms with Gasteiger partial charge in [0.15, 0.2) is 5.76 Å². The number of aryl methyl sites for hydroxylation is 1. The Hall–Kier alpha value is -1.99. The van der Waals surface area contributed by atoms with E-state index in [4.69, 9.17) is 21.4 Å². The number of anilines is 1. The first-order valence-electron chi connectivity index (χ1n) is 5.05. The van der Waals surface area contributed by atoms with Crippen LogP contribution in [0, 0.1) is 18.3 Å². The van der Waals surface area contributed by atoms with Crippen molar-refractivity contribution in [2.24, 2.45) is 0 Å². The van der Waals surface area contributed by atoms with E-state index in [2.05, 4.69) is 16.5 Å². The topological polar surface area (TPSA) is 61.9 Å². The second-order valence-corrected chi connectivity index (χ2v) is 4.03. The molecule has 2 aromatic rings. The van der Waals surface area contributed by atoms with Crippen LogP contribution < -0.4 is 5.32 Å². The summed E-state index contributed by atoms with van der Waals surface area (Å²) in [5.74, 6) is 0.714. The molecule has 1 aromatic heterocycles. The van der Waals surface area contributed by atoms with E-state index in [9.17, 15) is 0 Å². The van der Waals surface area contributed by atoms with Crippen LogP contribution in [0.5, 0.6) is 0 Å². The summed E-state index contributed by atoms with van der Waals surface area (Å²) in [4.78, 5) is 0. The average Bonchev–Trinajstić information content (AvgIpc) is 2.73. The van der Waals surface area contributed by atoms with Gasteiger partial charge in [0.2, 0.25) is 0 Å². The Kier molecular flexibility index (Phi) is 3.31. The third-order valence-electron chi connectivity index (χ3n) is 2.23. The summed E-state index contributed by atoms with van der Waals surface area (Å²) >= 11 is 5.87. The van der Waals surface area contributed by atoms with Gasteiger partial charge in [0.05, 0.1) is 23.5 Å². The molecule has 0 aliphatic heterocycles. The van der Waals surface area contributed by atoms with Gasteiger partial charge < -0.3 is 9.84 Å². The Morgan fingerprint density at radius 2 is 2.29 bits per heavy atom. The Balaban J connectivity index is 2.13. The molecule has 0 radical (unpaired) electrons. The van der Waals surface area contributed by atoms with E-state index in [1.807, 2.05) is 13.0 Å². The molecule has 1 aromatic carbocycles. The van der Waals surface area contributed by atoms with Gasteiger partial charge in [0.25, 0.3) is 0 Å². The third kappa shape index (κ3) is 2.77. The highest BCUT2D eigenvalue weighted by molar-refractivity contribution is 6.30. The van der Waals surface area contributed by atoms with Crippen molar-refractivity contribution in [1.29, 1.82) is 5.26 Å². The molecule has 4 nitrogen and oxygen atoms in total. The van der Waals surface area contributed by atoms with Gasteiger partial charge in [0, 0.05) is 11.1 Å². The lowest BCUT2D eigenvalue weighted by molar-refractivity contribution is 0.384. The molecule has 1 N–H and O–H groups in total. The van der Waals surface area contributed by atoms with Gasteiger partial charge in [-0.3, -0.25) is 0 Å². The monoisotopic (exact) mass is 247 g/mol. The molecular weight excluding hydrogens is 238 g/mol. The largest absolute Gasteiger partial charge is 0.377 e. The number of rotatable bonds is 3. The fourth-order valence-electron chi connectivity index (χ4n) is 1.44. The molecule has 0 saturated carbocycles. The van der Waals surface area contributed by atoms with Crippen molar-refractivity contribution in [2.45, 2.75) is 13.5 Å². The summed E-state index contributed by atoms with van der Waals surface area (Å²) in [6.45, 7) is 2.32. The molecule has 5 heteroatoms. The summed E-state index contributed by atoms with van der Waals surface area (Å²) in [5.41, 5.74) is 2.06. The van der Waals surface area contributed by atoms with E-state index in [0.29, 0.717) is 28.6 Å². The predicted octanol–water partition coefficient (Wildman–Crippen LogP) is 3.12. The first-order valence-corrected chi connectivity index (χ1v) is 5.42. The van der Waals surface area contributed by atoms with Crippen LogP contribution in [-0.2, 0) is 6.54 Å². The number of nitrogens with one attached hydrogen (secondary N) is 1. The summed E-state index contributed by atoms with van der Waals surface area (Å²) in [7, 11) is 0. The molecule has 0 spiro atoms. The number of hydrogen-bond acceptors (Lipinski definition) is 4. The Morgan fingerprint density at radius 1 is 1.47 bits per heavy atom. The number of nitriles is 1. The van der Waals surface area contributed by atoms with Crippen molar-refractivity contribution < 1.29 is 4.52 Å². The number of benzene rings is 1. The minimum atomic E-state index is 0.468. The molecule has 0 atom stereocenters. The maximum absolute atomic E-state index is 8.94. The number of aromatic nitrogens is 1. The maximum Gasteiger partial charge on any atom is 0.156 e. The summed E-state index contributed by atoms with van der Waals surface area (Å²) in [6, 6.07) is 9.01. The van der Waals surface area contributed by atoms with Crippen LogP contribution in [0.1, 0.15) is 17.0 Å². The summed E-state index contributed by atoms with van der Waals surface area (Å²) < 4.78 is 5.06. The smallest absolute Gasteiger partial charge is 0.156 e. The Bertz CT molecular complexity index is 571. The van der Waals surface area contributed by atoms with Gasteiger partial charge in [-0.2, -0.15) is 5.26 Å². The molecule has 0 amide bonds. The van der Waals surface area contributed by atoms with Crippen molar-refractivity contribution in [3.05, 3.63) is 46.3 Å². The van der Waals surface area contributed by atoms with Gasteiger partial charge in [-0.25, -0.2) is 0 Å². The highest BCUT2D eigenvalue weighted by atomic mass is 35.5. The van der Waals surface area contributed by atoms with Crippen molar-refractivity contribution in [3.63, 3.8) is 0 Å². The van der Waals surface area contributed by atoms with Gasteiger partial charge in [-0.15, -0.1) is 0 Å². The zero-order chi connectivity index (χ0) is 12.3. The molecule has 17 heavy (non-hydrogen) atoms. The summed E-state index contributed by atoms with van der Waals surface area (Å²) in [6.07, 6.45) is 0. The SMILES string of the molecule is Cc1cc(CNc2cc(Cl)ccc2C#N)on1. The second kappa shape index (κ2) is 4.89. The third-order valence-corrected chi connectivity index (χ3v) is 2.47. The van der Waals surface area contributed by atoms with Crippen molar-refractivity contribution in [3.8, 4) is 6.07 Å². The Labute approximate surface area is 104 Å². The van der Waals surface area contributed by atoms with Gasteiger partial charge in [0.1, 0.15) is 6.07 Å². The van der Waals surface area contributed by atoms with Crippen LogP contribution in [-0.4, -0.2) is 5.16 Å². The van der Waals surface area contributed by atoms with Crippen LogP contribution in [0.2, 0.25) is 5.02 Å². The highest BCUT2D eigenvalue weighted by Gasteiger charge is 2.05. The first-order chi connectivity index (χ1) is 8.19. The highest BCUT2D eigenvalue weighted by Crippen LogP contribution is 2.21. The number of halogens is 1. The lowest BCUT2D eigenvalue weighted by Gasteiger charge is -2.06.